The first-order valence-corrected chi connectivity index (χ1v) is 6.57. The first-order chi connectivity index (χ1) is 7.30. The second kappa shape index (κ2) is 3.83. The maximum Gasteiger partial charge on any atom is 0.142 e. The lowest BCUT2D eigenvalue weighted by molar-refractivity contribution is -0.127. The molecule has 16 heavy (non-hydrogen) atoms. The minimum absolute atomic E-state index is 0.0556. The average Bonchev–Trinajstić information content (AvgIpc) is 2.61. The molecule has 2 nitrogen and oxygen atoms in total. The van der Waals surface area contributed by atoms with Gasteiger partial charge < -0.3 is 4.90 Å². The fourth-order valence-corrected chi connectivity index (χ4v) is 3.21. The van der Waals surface area contributed by atoms with Crippen molar-refractivity contribution in [2.45, 2.75) is 47.0 Å². The number of hydrogen-bond donors (Lipinski definition) is 0. The summed E-state index contributed by atoms with van der Waals surface area (Å²) in [7, 11) is 0. The molecule has 0 aromatic heterocycles. The average molecular weight is 223 g/mol. The van der Waals surface area contributed by atoms with Crippen LogP contribution in [0.2, 0.25) is 0 Å². The molecule has 1 saturated heterocycles. The third-order valence-corrected chi connectivity index (χ3v) is 4.39. The summed E-state index contributed by atoms with van der Waals surface area (Å²) in [6, 6.07) is 0. The fraction of sp³-hybridized carbons (Fsp3) is 0.929. The summed E-state index contributed by atoms with van der Waals surface area (Å²) in [4.78, 5) is 14.6. The highest BCUT2D eigenvalue weighted by Gasteiger charge is 2.42. The molecule has 0 N–H and O–H groups in total. The minimum Gasteiger partial charge on any atom is -0.302 e. The van der Waals surface area contributed by atoms with Crippen LogP contribution in [-0.4, -0.2) is 30.3 Å². The summed E-state index contributed by atoms with van der Waals surface area (Å²) in [5, 5.41) is 0. The summed E-state index contributed by atoms with van der Waals surface area (Å²) in [6.07, 6.45) is 3.45. The molecule has 0 radical (unpaired) electrons. The maximum atomic E-state index is 12.1. The van der Waals surface area contributed by atoms with Gasteiger partial charge in [0.25, 0.3) is 0 Å². The Morgan fingerprint density at radius 1 is 1.25 bits per heavy atom. The highest BCUT2D eigenvalue weighted by molar-refractivity contribution is 5.88. The lowest BCUT2D eigenvalue weighted by Crippen LogP contribution is -2.33. The Hall–Kier alpha value is -0.370. The van der Waals surface area contributed by atoms with Gasteiger partial charge in [0, 0.05) is 24.4 Å². The van der Waals surface area contributed by atoms with E-state index in [0.717, 1.165) is 25.9 Å². The maximum absolute atomic E-state index is 12.1. The molecule has 92 valence electrons. The van der Waals surface area contributed by atoms with Gasteiger partial charge in [-0.3, -0.25) is 4.79 Å². The van der Waals surface area contributed by atoms with E-state index in [1.807, 2.05) is 0 Å². The van der Waals surface area contributed by atoms with Gasteiger partial charge in [-0.15, -0.1) is 0 Å². The monoisotopic (exact) mass is 223 g/mol. The molecule has 2 rings (SSSR count). The van der Waals surface area contributed by atoms with Crippen molar-refractivity contribution < 1.29 is 4.79 Å². The Kier molecular flexibility index (Phi) is 2.90. The van der Waals surface area contributed by atoms with Crippen molar-refractivity contribution in [3.63, 3.8) is 0 Å². The summed E-state index contributed by atoms with van der Waals surface area (Å²) in [6.45, 7) is 12.2. The Labute approximate surface area is 99.4 Å². The van der Waals surface area contributed by atoms with Crippen molar-refractivity contribution in [3.05, 3.63) is 0 Å². The first-order valence-electron chi connectivity index (χ1n) is 6.57. The molecule has 1 aliphatic carbocycles. The minimum atomic E-state index is -0.0556. The molecule has 1 atom stereocenters. The zero-order valence-electron chi connectivity index (χ0n) is 11.2. The standard InChI is InChI=1S/C14H25NO/c1-13(2)7-8-15(10-13)9-11-5-6-14(3,4)12(11)16/h11H,5-10H2,1-4H3. The van der Waals surface area contributed by atoms with Gasteiger partial charge >= 0.3 is 0 Å². The van der Waals surface area contributed by atoms with Crippen molar-refractivity contribution in [3.8, 4) is 0 Å². The Balaban J connectivity index is 1.91. The summed E-state index contributed by atoms with van der Waals surface area (Å²) >= 11 is 0. The molecule has 0 aromatic carbocycles. The molecular weight excluding hydrogens is 198 g/mol. The second-order valence-electron chi connectivity index (χ2n) is 7.13. The van der Waals surface area contributed by atoms with E-state index >= 15 is 0 Å². The Morgan fingerprint density at radius 3 is 2.38 bits per heavy atom. The first kappa shape index (κ1) is 12.1. The molecule has 1 aliphatic heterocycles. The summed E-state index contributed by atoms with van der Waals surface area (Å²) < 4.78 is 0. The molecule has 2 aliphatic rings. The van der Waals surface area contributed by atoms with E-state index in [1.54, 1.807) is 0 Å². The van der Waals surface area contributed by atoms with Crippen LogP contribution in [0.3, 0.4) is 0 Å². The van der Waals surface area contributed by atoms with E-state index in [9.17, 15) is 4.79 Å². The number of ketones is 1. The molecule has 1 saturated carbocycles. The Bertz CT molecular complexity index is 293. The van der Waals surface area contributed by atoms with E-state index in [0.29, 0.717) is 17.1 Å². The van der Waals surface area contributed by atoms with Gasteiger partial charge in [-0.2, -0.15) is 0 Å². The zero-order chi connectivity index (χ0) is 12.0. The second-order valence-corrected chi connectivity index (χ2v) is 7.13. The number of carbonyl (C=O) groups is 1. The van der Waals surface area contributed by atoms with Crippen LogP contribution >= 0.6 is 0 Å². The molecule has 0 bridgehead atoms. The predicted molar refractivity (Wildman–Crippen MR) is 66.4 cm³/mol. The highest BCUT2D eigenvalue weighted by Crippen LogP contribution is 2.39. The van der Waals surface area contributed by atoms with Crippen molar-refractivity contribution in [2.75, 3.05) is 19.6 Å². The van der Waals surface area contributed by atoms with Gasteiger partial charge in [-0.1, -0.05) is 27.7 Å². The third kappa shape index (κ3) is 2.32. The smallest absolute Gasteiger partial charge is 0.142 e. The SMILES string of the molecule is CC1(C)CCN(CC2CCC(C)(C)C2=O)C1. The molecule has 1 heterocycles. The van der Waals surface area contributed by atoms with Crippen LogP contribution in [0.4, 0.5) is 0 Å². The largest absolute Gasteiger partial charge is 0.302 e. The zero-order valence-corrected chi connectivity index (χ0v) is 11.2. The third-order valence-electron chi connectivity index (χ3n) is 4.39. The van der Waals surface area contributed by atoms with Gasteiger partial charge in [0.1, 0.15) is 5.78 Å². The summed E-state index contributed by atoms with van der Waals surface area (Å²) in [5.74, 6) is 0.807. The van der Waals surface area contributed by atoms with Crippen LogP contribution in [0.25, 0.3) is 0 Å². The molecular formula is C14H25NO. The number of rotatable bonds is 2. The topological polar surface area (TPSA) is 20.3 Å². The molecule has 2 heteroatoms. The fourth-order valence-electron chi connectivity index (χ4n) is 3.21. The normalized spacial score (nSPS) is 33.5. The molecule has 1 unspecified atom stereocenters. The molecule has 0 spiro atoms. The van der Waals surface area contributed by atoms with Gasteiger partial charge in [-0.05, 0) is 31.2 Å². The van der Waals surface area contributed by atoms with Crippen molar-refractivity contribution in [1.82, 2.24) is 4.90 Å². The lowest BCUT2D eigenvalue weighted by atomic mass is 9.89. The van der Waals surface area contributed by atoms with Crippen molar-refractivity contribution >= 4 is 5.78 Å². The quantitative estimate of drug-likeness (QED) is 0.717. The van der Waals surface area contributed by atoms with Gasteiger partial charge in [0.05, 0.1) is 0 Å². The van der Waals surface area contributed by atoms with E-state index in [1.165, 1.54) is 13.0 Å². The number of likely N-dealkylation sites (tertiary alicyclic amines) is 1. The van der Waals surface area contributed by atoms with Crippen LogP contribution in [-0.2, 0) is 4.79 Å². The van der Waals surface area contributed by atoms with E-state index in [2.05, 4.69) is 32.6 Å². The van der Waals surface area contributed by atoms with Crippen molar-refractivity contribution in [2.24, 2.45) is 16.7 Å². The number of Topliss-reactive ketones (excluding diaryl/α,β-unsaturated/α-hetero) is 1. The van der Waals surface area contributed by atoms with Crippen LogP contribution in [0.1, 0.15) is 47.0 Å². The number of nitrogens with zero attached hydrogens (tertiary/aromatic N) is 1. The van der Waals surface area contributed by atoms with E-state index in [-0.39, 0.29) is 5.41 Å². The summed E-state index contributed by atoms with van der Waals surface area (Å²) in [5.41, 5.74) is 0.400. The lowest BCUT2D eigenvalue weighted by Gasteiger charge is -2.23. The van der Waals surface area contributed by atoms with Crippen LogP contribution in [0.15, 0.2) is 0 Å². The van der Waals surface area contributed by atoms with Crippen molar-refractivity contribution in [1.29, 1.82) is 0 Å². The van der Waals surface area contributed by atoms with Crippen LogP contribution in [0, 0.1) is 16.7 Å². The molecule has 2 fully saturated rings. The Morgan fingerprint density at radius 2 is 1.94 bits per heavy atom. The van der Waals surface area contributed by atoms with Crippen LogP contribution < -0.4 is 0 Å². The molecule has 0 amide bonds. The van der Waals surface area contributed by atoms with E-state index < -0.39 is 0 Å². The predicted octanol–water partition coefficient (Wildman–Crippen LogP) is 2.72. The van der Waals surface area contributed by atoms with Gasteiger partial charge in [0.15, 0.2) is 0 Å². The highest BCUT2D eigenvalue weighted by atomic mass is 16.1. The number of hydrogen-bond acceptors (Lipinski definition) is 2. The van der Waals surface area contributed by atoms with E-state index in [4.69, 9.17) is 0 Å². The van der Waals surface area contributed by atoms with Gasteiger partial charge in [-0.25, -0.2) is 0 Å². The molecule has 0 aromatic rings. The van der Waals surface area contributed by atoms with Crippen LogP contribution in [0.5, 0.6) is 0 Å². The van der Waals surface area contributed by atoms with Gasteiger partial charge in [0.2, 0.25) is 0 Å². The number of carbonyl (C=O) groups excluding carboxylic acids is 1.